The molecule has 0 atom stereocenters. The van der Waals surface area contributed by atoms with Crippen molar-refractivity contribution in [3.8, 4) is 11.5 Å². The highest BCUT2D eigenvalue weighted by Crippen LogP contribution is 2.33. The number of rotatable bonds is 8. The van der Waals surface area contributed by atoms with Crippen LogP contribution in [0.25, 0.3) is 10.9 Å². The van der Waals surface area contributed by atoms with Gasteiger partial charge in [0.25, 0.3) is 5.56 Å². The monoisotopic (exact) mass is 432 g/mol. The first-order chi connectivity index (χ1) is 15.3. The van der Waals surface area contributed by atoms with Crippen molar-refractivity contribution in [1.29, 1.82) is 0 Å². The number of aromatic amines is 1. The Morgan fingerprint density at radius 1 is 1.03 bits per heavy atom. The highest BCUT2D eigenvalue weighted by atomic mass is 16.6. The van der Waals surface area contributed by atoms with Crippen LogP contribution in [0.15, 0.2) is 76.6 Å². The lowest BCUT2D eigenvalue weighted by atomic mass is 10.1. The van der Waals surface area contributed by atoms with E-state index in [4.69, 9.17) is 15.2 Å². The quantitative estimate of drug-likeness (QED) is 0.282. The van der Waals surface area contributed by atoms with Gasteiger partial charge >= 0.3 is 5.97 Å². The molecule has 6 nitrogen and oxygen atoms in total. The number of nitrogens with one attached hydrogen (secondary N) is 1. The number of hydrogen-bond acceptors (Lipinski definition) is 5. The van der Waals surface area contributed by atoms with Crippen molar-refractivity contribution in [1.82, 2.24) is 4.98 Å². The second-order valence-electron chi connectivity index (χ2n) is 7.85. The third-order valence-corrected chi connectivity index (χ3v) is 4.90. The summed E-state index contributed by atoms with van der Waals surface area (Å²) in [5.41, 5.74) is 9.11. The minimum Gasteiger partial charge on any atom is -0.481 e. The first kappa shape index (κ1) is 22.9. The predicted molar refractivity (Wildman–Crippen MR) is 128 cm³/mol. The number of esters is 1. The summed E-state index contributed by atoms with van der Waals surface area (Å²) in [6.45, 7) is 6.34. The normalized spacial score (nSPS) is 11.3. The number of benzene rings is 2. The molecule has 0 aliphatic heterocycles. The topological polar surface area (TPSA) is 94.4 Å². The summed E-state index contributed by atoms with van der Waals surface area (Å²) in [6, 6.07) is 13.6. The zero-order chi connectivity index (χ0) is 23.1. The van der Waals surface area contributed by atoms with Crippen LogP contribution in [0.3, 0.4) is 0 Å². The van der Waals surface area contributed by atoms with E-state index in [9.17, 15) is 9.59 Å². The van der Waals surface area contributed by atoms with Crippen molar-refractivity contribution in [2.45, 2.75) is 33.6 Å². The number of fused-ring (bicyclic) bond motifs is 1. The van der Waals surface area contributed by atoms with Gasteiger partial charge in [-0.25, -0.2) is 4.79 Å². The standard InChI is InChI=1S/C26H28N2O4/c1-17(2)8-7-9-18(3)14-15-31-24-23(32-26(30)19-10-5-4-6-11-19)21-13-12-20(27)16-22(21)28-25(24)29/h4-6,8,10-14,16H,7,9,15,27H2,1-3H3,(H,28,29)/b18-14+. The van der Waals surface area contributed by atoms with E-state index >= 15 is 0 Å². The molecular weight excluding hydrogens is 404 g/mol. The molecule has 1 aromatic heterocycles. The van der Waals surface area contributed by atoms with Crippen LogP contribution in [0, 0.1) is 0 Å². The van der Waals surface area contributed by atoms with Crippen LogP contribution in [0.2, 0.25) is 0 Å². The van der Waals surface area contributed by atoms with Gasteiger partial charge in [0.05, 0.1) is 11.1 Å². The summed E-state index contributed by atoms with van der Waals surface area (Å²) >= 11 is 0. The summed E-state index contributed by atoms with van der Waals surface area (Å²) in [5.74, 6) is -0.541. The maximum absolute atomic E-state index is 12.8. The smallest absolute Gasteiger partial charge is 0.343 e. The molecule has 1 heterocycles. The van der Waals surface area contributed by atoms with Gasteiger partial charge in [-0.2, -0.15) is 0 Å². The maximum Gasteiger partial charge on any atom is 0.343 e. The van der Waals surface area contributed by atoms with Gasteiger partial charge in [0.1, 0.15) is 6.61 Å². The van der Waals surface area contributed by atoms with Gasteiger partial charge in [-0.1, -0.05) is 35.4 Å². The largest absolute Gasteiger partial charge is 0.481 e. The number of ether oxygens (including phenoxy) is 2. The molecule has 3 aromatic rings. The van der Waals surface area contributed by atoms with Crippen molar-refractivity contribution >= 4 is 22.6 Å². The molecule has 0 bridgehead atoms. The number of allylic oxidation sites excluding steroid dienone is 3. The van der Waals surface area contributed by atoms with Crippen LogP contribution in [-0.2, 0) is 0 Å². The van der Waals surface area contributed by atoms with Crippen LogP contribution in [0.5, 0.6) is 11.5 Å². The Bertz CT molecular complexity index is 1220. The van der Waals surface area contributed by atoms with Gasteiger partial charge in [0.15, 0.2) is 5.75 Å². The minimum atomic E-state index is -0.576. The Kier molecular flexibility index (Phi) is 7.49. The number of pyridine rings is 1. The molecule has 0 unspecified atom stereocenters. The fraction of sp³-hybridized carbons (Fsp3) is 0.231. The first-order valence-electron chi connectivity index (χ1n) is 10.5. The zero-order valence-corrected chi connectivity index (χ0v) is 18.6. The van der Waals surface area contributed by atoms with Crippen LogP contribution < -0.4 is 20.8 Å². The molecule has 0 aliphatic rings. The van der Waals surface area contributed by atoms with Gasteiger partial charge in [-0.15, -0.1) is 0 Å². The molecule has 2 aromatic carbocycles. The third-order valence-electron chi connectivity index (χ3n) is 4.90. The summed E-state index contributed by atoms with van der Waals surface area (Å²) in [7, 11) is 0. The van der Waals surface area contributed by atoms with Crippen LogP contribution >= 0.6 is 0 Å². The van der Waals surface area contributed by atoms with Gasteiger partial charge in [-0.3, -0.25) is 4.79 Å². The fourth-order valence-corrected chi connectivity index (χ4v) is 3.18. The lowest BCUT2D eigenvalue weighted by Gasteiger charge is -2.13. The van der Waals surface area contributed by atoms with Gasteiger partial charge in [-0.05, 0) is 70.0 Å². The van der Waals surface area contributed by atoms with E-state index in [-0.39, 0.29) is 18.1 Å². The maximum atomic E-state index is 12.8. The van der Waals surface area contributed by atoms with Crippen molar-refractivity contribution in [3.05, 3.63) is 87.7 Å². The van der Waals surface area contributed by atoms with Gasteiger partial charge in [0, 0.05) is 11.1 Å². The highest BCUT2D eigenvalue weighted by molar-refractivity contribution is 5.96. The fourth-order valence-electron chi connectivity index (χ4n) is 3.18. The number of nitrogen functional groups attached to an aromatic ring is 1. The van der Waals surface area contributed by atoms with Gasteiger partial charge < -0.3 is 20.2 Å². The van der Waals surface area contributed by atoms with Crippen LogP contribution in [-0.4, -0.2) is 17.6 Å². The Morgan fingerprint density at radius 2 is 1.78 bits per heavy atom. The second kappa shape index (κ2) is 10.5. The number of H-pyrrole nitrogens is 1. The summed E-state index contributed by atoms with van der Waals surface area (Å²) in [6.07, 6.45) is 5.95. The average molecular weight is 433 g/mol. The molecule has 6 heteroatoms. The molecule has 0 saturated carbocycles. The molecule has 0 spiro atoms. The van der Waals surface area contributed by atoms with Gasteiger partial charge in [0.2, 0.25) is 5.75 Å². The van der Waals surface area contributed by atoms with E-state index in [1.807, 2.05) is 19.1 Å². The van der Waals surface area contributed by atoms with Crippen molar-refractivity contribution < 1.29 is 14.3 Å². The number of anilines is 1. The van der Waals surface area contributed by atoms with Crippen molar-refractivity contribution in [2.24, 2.45) is 0 Å². The van der Waals surface area contributed by atoms with E-state index in [0.717, 1.165) is 18.4 Å². The number of carbonyl (C=O) groups excluding carboxylic acids is 1. The van der Waals surface area contributed by atoms with Crippen LogP contribution in [0.1, 0.15) is 44.0 Å². The molecule has 3 N–H and O–H groups in total. The summed E-state index contributed by atoms with van der Waals surface area (Å²) < 4.78 is 11.5. The molecule has 0 fully saturated rings. The van der Waals surface area contributed by atoms with Crippen molar-refractivity contribution in [3.63, 3.8) is 0 Å². The molecule has 0 radical (unpaired) electrons. The zero-order valence-electron chi connectivity index (χ0n) is 18.6. The Labute approximate surface area is 187 Å². The van der Waals surface area contributed by atoms with E-state index in [1.54, 1.807) is 42.5 Å². The lowest BCUT2D eigenvalue weighted by Crippen LogP contribution is -2.17. The molecule has 0 saturated heterocycles. The Hall–Kier alpha value is -3.80. The van der Waals surface area contributed by atoms with E-state index < -0.39 is 11.5 Å². The number of carbonyl (C=O) groups is 1. The SMILES string of the molecule is CC(C)=CCC/C(C)=C/COc1c(OC(=O)c2ccccc2)c2ccc(N)cc2[nH]c1=O. The summed E-state index contributed by atoms with van der Waals surface area (Å²) in [4.78, 5) is 28.2. The van der Waals surface area contributed by atoms with E-state index in [0.29, 0.717) is 22.2 Å². The minimum absolute atomic E-state index is 0.0418. The third kappa shape index (κ3) is 5.88. The molecule has 166 valence electrons. The van der Waals surface area contributed by atoms with E-state index in [2.05, 4.69) is 24.9 Å². The Balaban J connectivity index is 1.91. The second-order valence-corrected chi connectivity index (χ2v) is 7.85. The van der Waals surface area contributed by atoms with E-state index in [1.165, 1.54) is 5.57 Å². The first-order valence-corrected chi connectivity index (χ1v) is 10.5. The lowest BCUT2D eigenvalue weighted by molar-refractivity contribution is 0.0731. The number of nitrogens with two attached hydrogens (primary N) is 1. The Morgan fingerprint density at radius 3 is 2.50 bits per heavy atom. The molecular formula is C26H28N2O4. The van der Waals surface area contributed by atoms with Crippen molar-refractivity contribution in [2.75, 3.05) is 12.3 Å². The highest BCUT2D eigenvalue weighted by Gasteiger charge is 2.20. The molecule has 0 aliphatic carbocycles. The summed E-state index contributed by atoms with van der Waals surface area (Å²) in [5, 5.41) is 0.530. The molecule has 0 amide bonds. The molecule has 3 rings (SSSR count). The average Bonchev–Trinajstić information content (AvgIpc) is 2.75. The predicted octanol–water partition coefficient (Wildman–Crippen LogP) is 5.40. The number of aromatic nitrogens is 1. The number of hydrogen-bond donors (Lipinski definition) is 2. The van der Waals surface area contributed by atoms with Crippen LogP contribution in [0.4, 0.5) is 5.69 Å². The molecule has 32 heavy (non-hydrogen) atoms.